The Morgan fingerprint density at radius 2 is 1.39 bits per heavy atom. The lowest BCUT2D eigenvalue weighted by Gasteiger charge is -2.14. The highest BCUT2D eigenvalue weighted by molar-refractivity contribution is 6.18. The van der Waals surface area contributed by atoms with Gasteiger partial charge in [0.15, 0.2) is 0 Å². The van der Waals surface area contributed by atoms with Gasteiger partial charge in [0.2, 0.25) is 5.95 Å². The summed E-state index contributed by atoms with van der Waals surface area (Å²) in [7, 11) is 0. The first-order valence-electron chi connectivity index (χ1n) is 12.4. The number of fused-ring (bicyclic) bond motifs is 6. The van der Waals surface area contributed by atoms with E-state index in [-0.39, 0.29) is 0 Å². The first kappa shape index (κ1) is 20.8. The molecule has 172 valence electrons. The van der Waals surface area contributed by atoms with Crippen molar-refractivity contribution in [2.24, 2.45) is 0 Å². The zero-order valence-electron chi connectivity index (χ0n) is 20.6. The van der Waals surface area contributed by atoms with Crippen molar-refractivity contribution in [1.82, 2.24) is 14.5 Å². The molecule has 7 aromatic rings. The number of aromatic nitrogens is 3. The van der Waals surface area contributed by atoms with Crippen LogP contribution in [0.3, 0.4) is 0 Å². The highest BCUT2D eigenvalue weighted by atomic mass is 15.2. The molecular weight excluding hydrogens is 438 g/mol. The summed E-state index contributed by atoms with van der Waals surface area (Å²) in [6, 6.07) is 34.6. The van der Waals surface area contributed by atoms with Crippen LogP contribution in [0.15, 0.2) is 97.1 Å². The predicted molar refractivity (Wildman–Crippen MR) is 151 cm³/mol. The summed E-state index contributed by atoms with van der Waals surface area (Å²) in [5.41, 5.74) is 8.93. The second-order valence-electron chi connectivity index (χ2n) is 9.75. The number of benzene rings is 5. The quantitative estimate of drug-likeness (QED) is 0.257. The summed E-state index contributed by atoms with van der Waals surface area (Å²) >= 11 is 0. The van der Waals surface area contributed by atoms with Crippen LogP contribution in [0.25, 0.3) is 60.7 Å². The Morgan fingerprint density at radius 3 is 2.28 bits per heavy atom. The van der Waals surface area contributed by atoms with Gasteiger partial charge in [-0.25, -0.2) is 9.97 Å². The number of rotatable bonds is 2. The zero-order valence-corrected chi connectivity index (χ0v) is 20.6. The van der Waals surface area contributed by atoms with Crippen LogP contribution in [0.5, 0.6) is 0 Å². The fraction of sp³-hybridized carbons (Fsp3) is 0.0909. The summed E-state index contributed by atoms with van der Waals surface area (Å²) in [5, 5.41) is 5.93. The van der Waals surface area contributed by atoms with E-state index in [1.165, 1.54) is 32.7 Å². The largest absolute Gasteiger partial charge is 0.277 e. The molecule has 2 heterocycles. The fourth-order valence-corrected chi connectivity index (χ4v) is 5.50. The van der Waals surface area contributed by atoms with Crippen molar-refractivity contribution < 1.29 is 0 Å². The normalized spacial score (nSPS) is 11.8. The van der Waals surface area contributed by atoms with Gasteiger partial charge in [-0.3, -0.25) is 4.57 Å². The molecular formula is C33H25N3. The van der Waals surface area contributed by atoms with Crippen LogP contribution in [0, 0.1) is 20.8 Å². The number of aryl methyl sites for hydroxylation is 3. The summed E-state index contributed by atoms with van der Waals surface area (Å²) in [6.45, 7) is 6.40. The molecule has 0 saturated carbocycles. The monoisotopic (exact) mass is 463 g/mol. The average molecular weight is 464 g/mol. The molecule has 0 bridgehead atoms. The van der Waals surface area contributed by atoms with E-state index >= 15 is 0 Å². The van der Waals surface area contributed by atoms with Gasteiger partial charge in [-0.05, 0) is 49.9 Å². The van der Waals surface area contributed by atoms with E-state index in [0.29, 0.717) is 5.95 Å². The Bertz CT molecular complexity index is 1980. The minimum atomic E-state index is 0.702. The Hall–Kier alpha value is -4.50. The minimum Gasteiger partial charge on any atom is -0.277 e. The molecule has 0 aliphatic heterocycles. The summed E-state index contributed by atoms with van der Waals surface area (Å²) in [6.07, 6.45) is 0. The van der Waals surface area contributed by atoms with Crippen molar-refractivity contribution >= 4 is 43.5 Å². The van der Waals surface area contributed by atoms with Gasteiger partial charge in [0.05, 0.1) is 22.2 Å². The standard InChI is InChI=1S/C33H25N3/c1-20-8-6-11-24(18-20)31-27-13-7-9-22(3)30(27)34-33(35-31)36-29-17-14-21(2)19-28(29)26-16-15-23-10-4-5-12-25(23)32(26)36/h4-19H,1-3H3. The smallest absolute Gasteiger partial charge is 0.235 e. The number of hydrogen-bond donors (Lipinski definition) is 0. The van der Waals surface area contributed by atoms with Crippen LogP contribution < -0.4 is 0 Å². The van der Waals surface area contributed by atoms with E-state index in [9.17, 15) is 0 Å². The fourth-order valence-electron chi connectivity index (χ4n) is 5.50. The van der Waals surface area contributed by atoms with Crippen LogP contribution in [-0.2, 0) is 0 Å². The van der Waals surface area contributed by atoms with Crippen LogP contribution in [0.1, 0.15) is 16.7 Å². The van der Waals surface area contributed by atoms with Crippen molar-refractivity contribution in [2.75, 3.05) is 0 Å². The van der Waals surface area contributed by atoms with E-state index in [0.717, 1.165) is 38.8 Å². The number of hydrogen-bond acceptors (Lipinski definition) is 2. The maximum absolute atomic E-state index is 5.28. The lowest BCUT2D eigenvalue weighted by molar-refractivity contribution is 1.01. The topological polar surface area (TPSA) is 30.7 Å². The molecule has 0 spiro atoms. The lowest BCUT2D eigenvalue weighted by Crippen LogP contribution is -2.04. The first-order chi connectivity index (χ1) is 17.6. The molecule has 0 aliphatic carbocycles. The Kier molecular flexibility index (Phi) is 4.49. The van der Waals surface area contributed by atoms with Gasteiger partial charge in [-0.2, -0.15) is 0 Å². The molecule has 0 N–H and O–H groups in total. The van der Waals surface area contributed by atoms with Crippen molar-refractivity contribution in [2.45, 2.75) is 20.8 Å². The highest BCUT2D eigenvalue weighted by Gasteiger charge is 2.19. The van der Waals surface area contributed by atoms with Gasteiger partial charge in [-0.15, -0.1) is 0 Å². The van der Waals surface area contributed by atoms with Crippen molar-refractivity contribution in [1.29, 1.82) is 0 Å². The van der Waals surface area contributed by atoms with Crippen LogP contribution in [-0.4, -0.2) is 14.5 Å². The first-order valence-corrected chi connectivity index (χ1v) is 12.4. The molecule has 0 radical (unpaired) electrons. The molecule has 0 unspecified atom stereocenters. The molecule has 0 amide bonds. The minimum absolute atomic E-state index is 0.702. The summed E-state index contributed by atoms with van der Waals surface area (Å²) in [4.78, 5) is 10.5. The van der Waals surface area contributed by atoms with E-state index in [1.807, 2.05) is 0 Å². The molecule has 0 saturated heterocycles. The van der Waals surface area contributed by atoms with E-state index in [2.05, 4.69) is 122 Å². The SMILES string of the molecule is Cc1cccc(-c2nc(-n3c4ccc(C)cc4c4ccc5ccccc5c43)nc3c(C)cccc23)c1. The molecule has 0 atom stereocenters. The maximum atomic E-state index is 5.28. The third-order valence-electron chi connectivity index (χ3n) is 7.22. The second kappa shape index (κ2) is 7.76. The average Bonchev–Trinajstić information content (AvgIpc) is 3.22. The van der Waals surface area contributed by atoms with Gasteiger partial charge in [0.25, 0.3) is 0 Å². The Morgan fingerprint density at radius 1 is 0.583 bits per heavy atom. The Labute approximate surface area is 209 Å². The van der Waals surface area contributed by atoms with E-state index in [4.69, 9.17) is 9.97 Å². The molecule has 0 fully saturated rings. The molecule has 36 heavy (non-hydrogen) atoms. The third kappa shape index (κ3) is 3.06. The number of para-hydroxylation sites is 1. The van der Waals surface area contributed by atoms with Gasteiger partial charge in [-0.1, -0.05) is 90.0 Å². The van der Waals surface area contributed by atoms with Gasteiger partial charge in [0, 0.05) is 27.1 Å². The summed E-state index contributed by atoms with van der Waals surface area (Å²) in [5.74, 6) is 0.702. The van der Waals surface area contributed by atoms with Crippen molar-refractivity contribution in [3.8, 4) is 17.2 Å². The molecule has 3 nitrogen and oxygen atoms in total. The predicted octanol–water partition coefficient (Wildman–Crippen LogP) is 8.47. The Balaban J connectivity index is 1.68. The molecule has 7 rings (SSSR count). The van der Waals surface area contributed by atoms with Crippen molar-refractivity contribution in [3.05, 3.63) is 114 Å². The second-order valence-corrected chi connectivity index (χ2v) is 9.75. The van der Waals surface area contributed by atoms with Crippen LogP contribution in [0.4, 0.5) is 0 Å². The van der Waals surface area contributed by atoms with Gasteiger partial charge >= 0.3 is 0 Å². The maximum Gasteiger partial charge on any atom is 0.235 e. The molecule has 2 aromatic heterocycles. The lowest BCUT2D eigenvalue weighted by atomic mass is 10.0. The number of nitrogens with zero attached hydrogens (tertiary/aromatic N) is 3. The van der Waals surface area contributed by atoms with Gasteiger partial charge in [0.1, 0.15) is 0 Å². The molecule has 5 aromatic carbocycles. The molecule has 3 heteroatoms. The summed E-state index contributed by atoms with van der Waals surface area (Å²) < 4.78 is 2.26. The zero-order chi connectivity index (χ0) is 24.4. The van der Waals surface area contributed by atoms with Crippen LogP contribution in [0.2, 0.25) is 0 Å². The third-order valence-corrected chi connectivity index (χ3v) is 7.22. The van der Waals surface area contributed by atoms with E-state index in [1.54, 1.807) is 0 Å². The van der Waals surface area contributed by atoms with Gasteiger partial charge < -0.3 is 0 Å². The molecule has 0 aliphatic rings. The van der Waals surface area contributed by atoms with Crippen molar-refractivity contribution in [3.63, 3.8) is 0 Å². The van der Waals surface area contributed by atoms with E-state index < -0.39 is 0 Å². The highest BCUT2D eigenvalue weighted by Crippen LogP contribution is 2.37. The van der Waals surface area contributed by atoms with Crippen LogP contribution >= 0.6 is 0 Å².